The Morgan fingerprint density at radius 3 is 2.52 bits per heavy atom. The Hall–Kier alpha value is -2.63. The second-order valence-corrected chi connectivity index (χ2v) is 6.78. The molecule has 3 rings (SSSR count). The maximum absolute atomic E-state index is 13.0. The lowest BCUT2D eigenvalue weighted by Crippen LogP contribution is -2.19. The third-order valence-electron chi connectivity index (χ3n) is 4.03. The molecular weight excluding hydrogens is 385 g/mol. The number of hydrogen-bond donors (Lipinski definition) is 1. The number of rotatable bonds is 5. The summed E-state index contributed by atoms with van der Waals surface area (Å²) in [6.07, 6.45) is 0. The van der Waals surface area contributed by atoms with Gasteiger partial charge in [-0.3, -0.25) is 14.3 Å². The average molecular weight is 402 g/mol. The van der Waals surface area contributed by atoms with Crippen molar-refractivity contribution in [2.75, 3.05) is 5.32 Å². The van der Waals surface area contributed by atoms with Gasteiger partial charge in [0.05, 0.1) is 16.4 Å². The van der Waals surface area contributed by atoms with Gasteiger partial charge in [0.1, 0.15) is 5.69 Å². The first-order valence-electron chi connectivity index (χ1n) is 8.35. The Kier molecular flexibility index (Phi) is 5.63. The Morgan fingerprint density at radius 1 is 1.07 bits per heavy atom. The van der Waals surface area contributed by atoms with Crippen LogP contribution in [0.4, 0.5) is 5.69 Å². The molecule has 1 aromatic heterocycles. The van der Waals surface area contributed by atoms with Gasteiger partial charge in [-0.2, -0.15) is 5.10 Å². The van der Waals surface area contributed by atoms with E-state index in [1.165, 1.54) is 6.07 Å². The van der Waals surface area contributed by atoms with Crippen molar-refractivity contribution in [2.45, 2.75) is 20.4 Å². The van der Waals surface area contributed by atoms with Crippen LogP contribution in [0.3, 0.4) is 0 Å². The first kappa shape index (κ1) is 19.1. The molecule has 7 heteroatoms. The summed E-state index contributed by atoms with van der Waals surface area (Å²) in [6.45, 7) is 4.28. The number of halogens is 2. The molecule has 0 spiro atoms. The lowest BCUT2D eigenvalue weighted by atomic mass is 10.0. The molecule has 0 aliphatic carbocycles. The van der Waals surface area contributed by atoms with Crippen LogP contribution in [-0.2, 0) is 6.54 Å². The molecule has 0 fully saturated rings. The van der Waals surface area contributed by atoms with Crippen molar-refractivity contribution in [1.29, 1.82) is 0 Å². The standard InChI is InChI=1S/C20H17Cl2N3O2/c1-3-25-18(10-12(2)24-25)20(27)23-17-9-8-13(21)11-15(17)19(26)14-6-4-5-7-16(14)22/h4-11H,3H2,1-2H3,(H,23,27). The first-order chi connectivity index (χ1) is 12.9. The summed E-state index contributed by atoms with van der Waals surface area (Å²) in [5.41, 5.74) is 2.12. The van der Waals surface area contributed by atoms with Crippen LogP contribution in [0.15, 0.2) is 48.5 Å². The quantitative estimate of drug-likeness (QED) is 0.611. The van der Waals surface area contributed by atoms with Crippen molar-refractivity contribution in [3.63, 3.8) is 0 Å². The van der Waals surface area contributed by atoms with Gasteiger partial charge < -0.3 is 5.32 Å². The van der Waals surface area contributed by atoms with E-state index in [0.717, 1.165) is 5.69 Å². The summed E-state index contributed by atoms with van der Waals surface area (Å²) in [6, 6.07) is 13.2. The van der Waals surface area contributed by atoms with Crippen molar-refractivity contribution in [1.82, 2.24) is 9.78 Å². The number of ketones is 1. The normalized spacial score (nSPS) is 10.7. The van der Waals surface area contributed by atoms with Gasteiger partial charge in [-0.05, 0) is 50.2 Å². The lowest BCUT2D eigenvalue weighted by Gasteiger charge is -2.12. The summed E-state index contributed by atoms with van der Waals surface area (Å²) < 4.78 is 1.61. The van der Waals surface area contributed by atoms with Gasteiger partial charge in [0, 0.05) is 22.7 Å². The number of nitrogens with one attached hydrogen (secondary N) is 1. The van der Waals surface area contributed by atoms with Gasteiger partial charge >= 0.3 is 0 Å². The number of nitrogens with zero attached hydrogens (tertiary/aromatic N) is 2. The van der Waals surface area contributed by atoms with Crippen LogP contribution >= 0.6 is 23.2 Å². The van der Waals surface area contributed by atoms with Crippen LogP contribution in [0.1, 0.15) is 39.0 Å². The molecular formula is C20H17Cl2N3O2. The van der Waals surface area contributed by atoms with Crippen molar-refractivity contribution < 1.29 is 9.59 Å². The highest BCUT2D eigenvalue weighted by Crippen LogP contribution is 2.27. The minimum atomic E-state index is -0.354. The van der Waals surface area contributed by atoms with E-state index in [0.29, 0.717) is 33.5 Å². The summed E-state index contributed by atoms with van der Waals surface area (Å²) in [4.78, 5) is 25.7. The number of amides is 1. The average Bonchev–Trinajstić information content (AvgIpc) is 3.04. The predicted molar refractivity (Wildman–Crippen MR) is 107 cm³/mol. The minimum Gasteiger partial charge on any atom is -0.320 e. The smallest absolute Gasteiger partial charge is 0.273 e. The highest BCUT2D eigenvalue weighted by Gasteiger charge is 2.20. The van der Waals surface area contributed by atoms with E-state index >= 15 is 0 Å². The molecule has 5 nitrogen and oxygen atoms in total. The number of hydrogen-bond acceptors (Lipinski definition) is 3. The molecule has 0 aliphatic heterocycles. The molecule has 0 atom stereocenters. The zero-order valence-corrected chi connectivity index (χ0v) is 16.3. The summed E-state index contributed by atoms with van der Waals surface area (Å²) in [5.74, 6) is -0.674. The fourth-order valence-corrected chi connectivity index (χ4v) is 3.15. The van der Waals surface area contributed by atoms with Gasteiger partial charge in [-0.1, -0.05) is 35.3 Å². The summed E-state index contributed by atoms with van der Waals surface area (Å²) >= 11 is 12.2. The first-order valence-corrected chi connectivity index (χ1v) is 9.11. The zero-order valence-electron chi connectivity index (χ0n) is 14.8. The predicted octanol–water partition coefficient (Wildman–Crippen LogP) is 5.00. The maximum Gasteiger partial charge on any atom is 0.273 e. The Bertz CT molecular complexity index is 1030. The molecule has 0 unspecified atom stereocenters. The van der Waals surface area contributed by atoms with Crippen LogP contribution in [-0.4, -0.2) is 21.5 Å². The lowest BCUT2D eigenvalue weighted by molar-refractivity contribution is 0.101. The third kappa shape index (κ3) is 4.04. The van der Waals surface area contributed by atoms with E-state index in [2.05, 4.69) is 10.4 Å². The van der Waals surface area contributed by atoms with E-state index in [-0.39, 0.29) is 17.3 Å². The van der Waals surface area contributed by atoms with Gasteiger partial charge in [0.25, 0.3) is 5.91 Å². The molecule has 0 aliphatic rings. The Morgan fingerprint density at radius 2 is 1.81 bits per heavy atom. The highest BCUT2D eigenvalue weighted by atomic mass is 35.5. The topological polar surface area (TPSA) is 64.0 Å². The van der Waals surface area contributed by atoms with E-state index in [9.17, 15) is 9.59 Å². The van der Waals surface area contributed by atoms with Crippen molar-refractivity contribution in [2.24, 2.45) is 0 Å². The Labute approximate surface area is 166 Å². The number of aryl methyl sites for hydroxylation is 2. The number of aromatic nitrogens is 2. The molecule has 138 valence electrons. The molecule has 0 bridgehead atoms. The monoisotopic (exact) mass is 401 g/mol. The number of anilines is 1. The van der Waals surface area contributed by atoms with Crippen LogP contribution in [0.5, 0.6) is 0 Å². The molecule has 0 saturated carbocycles. The zero-order chi connectivity index (χ0) is 19.6. The van der Waals surface area contributed by atoms with E-state index < -0.39 is 0 Å². The molecule has 2 aromatic carbocycles. The largest absolute Gasteiger partial charge is 0.320 e. The summed E-state index contributed by atoms with van der Waals surface area (Å²) in [5, 5.41) is 7.78. The van der Waals surface area contributed by atoms with Gasteiger partial charge in [-0.15, -0.1) is 0 Å². The molecule has 1 amide bonds. The van der Waals surface area contributed by atoms with Gasteiger partial charge in [0.15, 0.2) is 5.78 Å². The molecule has 0 saturated heterocycles. The third-order valence-corrected chi connectivity index (χ3v) is 4.59. The second-order valence-electron chi connectivity index (χ2n) is 5.94. The highest BCUT2D eigenvalue weighted by molar-refractivity contribution is 6.36. The van der Waals surface area contributed by atoms with Crippen LogP contribution in [0.2, 0.25) is 10.0 Å². The maximum atomic E-state index is 13.0. The van der Waals surface area contributed by atoms with Crippen LogP contribution in [0, 0.1) is 6.92 Å². The molecule has 1 N–H and O–H groups in total. The van der Waals surface area contributed by atoms with Crippen LogP contribution in [0.25, 0.3) is 0 Å². The number of carbonyl (C=O) groups is 2. The molecule has 0 radical (unpaired) electrons. The summed E-state index contributed by atoms with van der Waals surface area (Å²) in [7, 11) is 0. The van der Waals surface area contributed by atoms with Crippen molar-refractivity contribution in [3.05, 3.63) is 81.1 Å². The van der Waals surface area contributed by atoms with Crippen molar-refractivity contribution in [3.8, 4) is 0 Å². The van der Waals surface area contributed by atoms with Gasteiger partial charge in [0.2, 0.25) is 0 Å². The van der Waals surface area contributed by atoms with Crippen molar-refractivity contribution >= 4 is 40.6 Å². The second kappa shape index (κ2) is 7.94. The van der Waals surface area contributed by atoms with Gasteiger partial charge in [-0.25, -0.2) is 0 Å². The minimum absolute atomic E-state index is 0.267. The van der Waals surface area contributed by atoms with E-state index in [1.807, 2.05) is 13.8 Å². The van der Waals surface area contributed by atoms with E-state index in [1.54, 1.807) is 47.1 Å². The number of carbonyl (C=O) groups excluding carboxylic acids is 2. The van der Waals surface area contributed by atoms with E-state index in [4.69, 9.17) is 23.2 Å². The molecule has 27 heavy (non-hydrogen) atoms. The number of benzene rings is 2. The Balaban J connectivity index is 1.98. The fourth-order valence-electron chi connectivity index (χ4n) is 2.76. The molecule has 3 aromatic rings. The molecule has 1 heterocycles. The fraction of sp³-hybridized carbons (Fsp3) is 0.150. The van der Waals surface area contributed by atoms with Crippen LogP contribution < -0.4 is 5.32 Å². The SMILES string of the molecule is CCn1nc(C)cc1C(=O)Nc1ccc(Cl)cc1C(=O)c1ccccc1Cl.